The van der Waals surface area contributed by atoms with Gasteiger partial charge in [0.1, 0.15) is 6.20 Å². The molecule has 1 aromatic rings. The molecule has 0 aliphatic rings. The molecule has 5 heteroatoms. The van der Waals surface area contributed by atoms with E-state index in [1.165, 1.54) is 6.92 Å². The molecular formula is C5H3F3N2. The molecule has 0 amide bonds. The normalized spacial score (nSPS) is 12.0. The highest BCUT2D eigenvalue weighted by molar-refractivity contribution is 4.92. The topological polar surface area (TPSA) is 17.8 Å². The molecule has 54 valence electrons. The maximum Gasteiger partial charge on any atom is 0.490 e. The van der Waals surface area contributed by atoms with Crippen LogP contribution in [-0.4, -0.2) is 9.55 Å². The largest absolute Gasteiger partial charge is 0.490 e. The number of nitrogens with zero attached hydrogens (tertiary/aromatic N) is 2. The van der Waals surface area contributed by atoms with Crippen molar-refractivity contribution in [3.05, 3.63) is 18.2 Å². The van der Waals surface area contributed by atoms with Crippen molar-refractivity contribution < 1.29 is 13.2 Å². The summed E-state index contributed by atoms with van der Waals surface area (Å²) in [4.78, 5) is 3.08. The van der Waals surface area contributed by atoms with Gasteiger partial charge in [-0.05, 0) is 6.92 Å². The molecule has 0 atom stereocenters. The van der Waals surface area contributed by atoms with E-state index < -0.39 is 6.30 Å². The van der Waals surface area contributed by atoms with Crippen molar-refractivity contribution in [2.24, 2.45) is 0 Å². The second kappa shape index (κ2) is 2.00. The number of hydrogen-bond donors (Lipinski definition) is 0. The summed E-state index contributed by atoms with van der Waals surface area (Å²) in [5, 5.41) is 0. The van der Waals surface area contributed by atoms with Crippen molar-refractivity contribution in [2.75, 3.05) is 0 Å². The molecule has 1 rings (SSSR count). The van der Waals surface area contributed by atoms with E-state index in [-0.39, 0.29) is 10.3 Å². The molecule has 0 aliphatic heterocycles. The molecule has 0 spiro atoms. The standard InChI is InChI=1S/C5H3F3N2/c1-4-2-9-3-10(4)5(6,7)8/h1H3. The minimum absolute atomic E-state index is 0.0208. The molecule has 0 aliphatic carbocycles. The zero-order chi connectivity index (χ0) is 7.78. The van der Waals surface area contributed by atoms with E-state index in [1.54, 1.807) is 6.33 Å². The Bertz CT molecular complexity index is 225. The number of imidazole rings is 1. The van der Waals surface area contributed by atoms with Gasteiger partial charge in [-0.1, -0.05) is 0 Å². The van der Waals surface area contributed by atoms with E-state index in [2.05, 4.69) is 11.2 Å². The van der Waals surface area contributed by atoms with E-state index in [0.717, 1.165) is 0 Å². The molecule has 0 fully saturated rings. The average Bonchev–Trinajstić information content (AvgIpc) is 2.11. The van der Waals surface area contributed by atoms with Crippen LogP contribution >= 0.6 is 0 Å². The lowest BCUT2D eigenvalue weighted by Gasteiger charge is -2.06. The van der Waals surface area contributed by atoms with E-state index in [9.17, 15) is 13.2 Å². The summed E-state index contributed by atoms with van der Waals surface area (Å²) in [7, 11) is 0. The van der Waals surface area contributed by atoms with Crippen LogP contribution in [-0.2, 0) is 6.30 Å². The molecular weight excluding hydrogens is 145 g/mol. The van der Waals surface area contributed by atoms with Gasteiger partial charge in [-0.15, -0.1) is 13.2 Å². The summed E-state index contributed by atoms with van der Waals surface area (Å²) in [6, 6.07) is 0. The predicted molar refractivity (Wildman–Crippen MR) is 25.9 cm³/mol. The zero-order valence-electron chi connectivity index (χ0n) is 5.03. The Hall–Kier alpha value is -1.00. The molecule has 0 saturated heterocycles. The highest BCUT2D eigenvalue weighted by atomic mass is 19.4. The van der Waals surface area contributed by atoms with Gasteiger partial charge in [0.15, 0.2) is 6.33 Å². The molecule has 1 heterocycles. The predicted octanol–water partition coefficient (Wildman–Crippen LogP) is 1.27. The van der Waals surface area contributed by atoms with Gasteiger partial charge in [-0.2, -0.15) is 0 Å². The lowest BCUT2D eigenvalue weighted by Crippen LogP contribution is -2.16. The van der Waals surface area contributed by atoms with Crippen LogP contribution < -0.4 is 0 Å². The minimum Gasteiger partial charge on any atom is -0.235 e. The van der Waals surface area contributed by atoms with E-state index in [0.29, 0.717) is 0 Å². The summed E-state index contributed by atoms with van der Waals surface area (Å²) < 4.78 is 35.2. The molecule has 2 radical (unpaired) electrons. The van der Waals surface area contributed by atoms with Crippen LogP contribution in [0, 0.1) is 19.4 Å². The maximum absolute atomic E-state index is 11.8. The first kappa shape index (κ1) is 7.11. The third-order valence-electron chi connectivity index (χ3n) is 0.957. The van der Waals surface area contributed by atoms with Crippen LogP contribution in [0.5, 0.6) is 0 Å². The summed E-state index contributed by atoms with van der Waals surface area (Å²) in [5.74, 6) is 0. The number of alkyl halides is 3. The Kier molecular flexibility index (Phi) is 1.42. The van der Waals surface area contributed by atoms with Crippen LogP contribution in [0.2, 0.25) is 0 Å². The molecule has 2 nitrogen and oxygen atoms in total. The molecule has 0 bridgehead atoms. The van der Waals surface area contributed by atoms with Crippen LogP contribution in [0.1, 0.15) is 5.69 Å². The van der Waals surface area contributed by atoms with Crippen molar-refractivity contribution in [3.8, 4) is 0 Å². The Morgan fingerprint density at radius 1 is 1.50 bits per heavy atom. The highest BCUT2D eigenvalue weighted by Gasteiger charge is 2.31. The number of halogens is 3. The zero-order valence-corrected chi connectivity index (χ0v) is 5.03. The number of rotatable bonds is 0. The van der Waals surface area contributed by atoms with Gasteiger partial charge in [0.25, 0.3) is 0 Å². The Labute approximate surface area is 55.3 Å². The molecule has 1 aromatic heterocycles. The minimum atomic E-state index is -4.42. The Balaban J connectivity index is 3.05. The number of aromatic nitrogens is 2. The fourth-order valence-electron chi connectivity index (χ4n) is 0.528. The van der Waals surface area contributed by atoms with Crippen LogP contribution in [0.3, 0.4) is 0 Å². The fraction of sp³-hybridized carbons (Fsp3) is 0.400. The van der Waals surface area contributed by atoms with Gasteiger partial charge in [0, 0.05) is 0 Å². The molecule has 0 N–H and O–H groups in total. The van der Waals surface area contributed by atoms with Gasteiger partial charge < -0.3 is 0 Å². The van der Waals surface area contributed by atoms with Crippen molar-refractivity contribution in [3.63, 3.8) is 0 Å². The van der Waals surface area contributed by atoms with Gasteiger partial charge >= 0.3 is 6.30 Å². The summed E-state index contributed by atoms with van der Waals surface area (Å²) >= 11 is 0. The lowest BCUT2D eigenvalue weighted by molar-refractivity contribution is -0.205. The average molecular weight is 148 g/mol. The first-order valence-electron chi connectivity index (χ1n) is 2.43. The van der Waals surface area contributed by atoms with Crippen LogP contribution in [0.4, 0.5) is 13.2 Å². The van der Waals surface area contributed by atoms with Gasteiger partial charge in [0.05, 0.1) is 5.69 Å². The maximum atomic E-state index is 11.8. The lowest BCUT2D eigenvalue weighted by atomic mass is 10.5. The Morgan fingerprint density at radius 2 is 2.10 bits per heavy atom. The van der Waals surface area contributed by atoms with E-state index in [4.69, 9.17) is 0 Å². The quantitative estimate of drug-likeness (QED) is 0.541. The second-order valence-corrected chi connectivity index (χ2v) is 1.71. The van der Waals surface area contributed by atoms with Crippen LogP contribution in [0.25, 0.3) is 0 Å². The first-order chi connectivity index (χ1) is 4.52. The first-order valence-corrected chi connectivity index (χ1v) is 2.43. The van der Waals surface area contributed by atoms with Crippen LogP contribution in [0.15, 0.2) is 0 Å². The van der Waals surface area contributed by atoms with E-state index in [1.807, 2.05) is 0 Å². The Morgan fingerprint density at radius 3 is 2.30 bits per heavy atom. The van der Waals surface area contributed by atoms with E-state index >= 15 is 0 Å². The number of aryl methyl sites for hydroxylation is 1. The van der Waals surface area contributed by atoms with Gasteiger partial charge in [-0.3, -0.25) is 0 Å². The van der Waals surface area contributed by atoms with Gasteiger partial charge in [-0.25, -0.2) is 9.55 Å². The van der Waals surface area contributed by atoms with Crippen molar-refractivity contribution in [1.82, 2.24) is 9.55 Å². The smallest absolute Gasteiger partial charge is 0.235 e. The fourth-order valence-corrected chi connectivity index (χ4v) is 0.528. The third-order valence-corrected chi connectivity index (χ3v) is 0.957. The SMILES string of the molecule is Cc1[c]n[c]n1C(F)(F)F. The molecule has 0 saturated carbocycles. The highest BCUT2D eigenvalue weighted by Crippen LogP contribution is 2.22. The van der Waals surface area contributed by atoms with Crippen molar-refractivity contribution >= 4 is 0 Å². The monoisotopic (exact) mass is 148 g/mol. The number of hydrogen-bond acceptors (Lipinski definition) is 1. The summed E-state index contributed by atoms with van der Waals surface area (Å²) in [6.07, 6.45) is -0.576. The molecule has 10 heavy (non-hydrogen) atoms. The summed E-state index contributed by atoms with van der Waals surface area (Å²) in [6.45, 7) is 1.26. The third kappa shape index (κ3) is 1.12. The van der Waals surface area contributed by atoms with Crippen molar-refractivity contribution in [2.45, 2.75) is 13.2 Å². The van der Waals surface area contributed by atoms with Crippen molar-refractivity contribution in [1.29, 1.82) is 0 Å². The van der Waals surface area contributed by atoms with Gasteiger partial charge in [0.2, 0.25) is 0 Å². The molecule has 0 unspecified atom stereocenters. The second-order valence-electron chi connectivity index (χ2n) is 1.71. The summed E-state index contributed by atoms with van der Waals surface area (Å²) in [5.41, 5.74) is -0.0903. The molecule has 0 aromatic carbocycles.